The Kier molecular flexibility index (Phi) is 4.36. The highest BCUT2D eigenvalue weighted by molar-refractivity contribution is 5.81. The second-order valence-corrected chi connectivity index (χ2v) is 3.25. The molecule has 0 saturated heterocycles. The molecule has 1 aromatic carbocycles. The Hall–Kier alpha value is -2.13. The standard InChI is InChI=1S/C10H6F6O4/c1-18-6-3-8(20-10(14,15)16)7(2-5(6)4-17)19-9(11,12)13/h2-4H,1H3. The number of aldehydes is 1. The van der Waals surface area contributed by atoms with Crippen LogP contribution in [0.2, 0.25) is 0 Å². The van der Waals surface area contributed by atoms with Crippen LogP contribution in [0.15, 0.2) is 12.1 Å². The zero-order valence-corrected chi connectivity index (χ0v) is 9.63. The largest absolute Gasteiger partial charge is 0.573 e. The summed E-state index contributed by atoms with van der Waals surface area (Å²) in [5, 5.41) is 0. The SMILES string of the molecule is COc1cc(OC(F)(F)F)c(OC(F)(F)F)cc1C=O. The van der Waals surface area contributed by atoms with Crippen molar-refractivity contribution in [2.75, 3.05) is 7.11 Å². The number of ether oxygens (including phenoxy) is 3. The summed E-state index contributed by atoms with van der Waals surface area (Å²) in [4.78, 5) is 10.6. The van der Waals surface area contributed by atoms with Crippen LogP contribution in [0.5, 0.6) is 17.2 Å². The highest BCUT2D eigenvalue weighted by Gasteiger charge is 2.37. The minimum atomic E-state index is -5.25. The van der Waals surface area contributed by atoms with Gasteiger partial charge in [0.1, 0.15) is 5.75 Å². The highest BCUT2D eigenvalue weighted by atomic mass is 19.4. The molecule has 0 spiro atoms. The topological polar surface area (TPSA) is 44.8 Å². The summed E-state index contributed by atoms with van der Waals surface area (Å²) in [5.74, 6) is -2.98. The highest BCUT2D eigenvalue weighted by Crippen LogP contribution is 2.39. The second-order valence-electron chi connectivity index (χ2n) is 3.25. The number of carbonyl (C=O) groups excluding carboxylic acids is 1. The number of alkyl halides is 6. The lowest BCUT2D eigenvalue weighted by Crippen LogP contribution is -2.21. The number of halogens is 6. The summed E-state index contributed by atoms with van der Waals surface area (Å²) < 4.78 is 83.9. The molecule has 0 aliphatic heterocycles. The van der Waals surface area contributed by atoms with Crippen molar-refractivity contribution in [3.8, 4) is 17.2 Å². The Morgan fingerprint density at radius 2 is 1.35 bits per heavy atom. The van der Waals surface area contributed by atoms with Crippen LogP contribution < -0.4 is 14.2 Å². The minimum Gasteiger partial charge on any atom is -0.496 e. The minimum absolute atomic E-state index is 0.0967. The van der Waals surface area contributed by atoms with Crippen LogP contribution in [0.25, 0.3) is 0 Å². The van der Waals surface area contributed by atoms with E-state index in [1.165, 1.54) is 0 Å². The van der Waals surface area contributed by atoms with Crippen LogP contribution in [0.4, 0.5) is 26.3 Å². The van der Waals surface area contributed by atoms with E-state index in [2.05, 4.69) is 14.2 Å². The van der Waals surface area contributed by atoms with E-state index in [0.29, 0.717) is 12.1 Å². The quantitative estimate of drug-likeness (QED) is 0.632. The molecule has 0 aliphatic rings. The lowest BCUT2D eigenvalue weighted by atomic mass is 10.2. The van der Waals surface area contributed by atoms with E-state index in [4.69, 9.17) is 0 Å². The Bertz CT molecular complexity index is 494. The lowest BCUT2D eigenvalue weighted by Gasteiger charge is -2.17. The van der Waals surface area contributed by atoms with Crippen molar-refractivity contribution in [1.29, 1.82) is 0 Å². The Labute approximate surface area is 107 Å². The molecule has 112 valence electrons. The van der Waals surface area contributed by atoms with Crippen LogP contribution in [-0.4, -0.2) is 26.1 Å². The second kappa shape index (κ2) is 5.47. The Morgan fingerprint density at radius 1 is 0.900 bits per heavy atom. The van der Waals surface area contributed by atoms with E-state index >= 15 is 0 Å². The first-order valence-corrected chi connectivity index (χ1v) is 4.74. The van der Waals surface area contributed by atoms with Gasteiger partial charge in [-0.2, -0.15) is 0 Å². The van der Waals surface area contributed by atoms with Crippen LogP contribution in [-0.2, 0) is 0 Å². The number of carbonyl (C=O) groups is 1. The van der Waals surface area contributed by atoms with Gasteiger partial charge in [-0.25, -0.2) is 0 Å². The molecule has 0 heterocycles. The average molecular weight is 304 g/mol. The summed E-state index contributed by atoms with van der Waals surface area (Å²) in [6.07, 6.45) is -10.4. The van der Waals surface area contributed by atoms with Gasteiger partial charge in [0.15, 0.2) is 17.8 Å². The zero-order valence-electron chi connectivity index (χ0n) is 9.63. The molecule has 0 N–H and O–H groups in total. The summed E-state index contributed by atoms with van der Waals surface area (Å²) in [6.45, 7) is 0. The molecule has 1 aromatic rings. The zero-order chi connectivity index (χ0) is 15.6. The monoisotopic (exact) mass is 304 g/mol. The Balaban J connectivity index is 3.32. The third kappa shape index (κ3) is 4.52. The van der Waals surface area contributed by atoms with Gasteiger partial charge < -0.3 is 14.2 Å². The molecule has 1 rings (SSSR count). The number of methoxy groups -OCH3 is 1. The van der Waals surface area contributed by atoms with E-state index in [-0.39, 0.29) is 6.29 Å². The number of rotatable bonds is 4. The maximum atomic E-state index is 12.1. The molecule has 0 bridgehead atoms. The molecular formula is C10H6F6O4. The van der Waals surface area contributed by atoms with Crippen LogP contribution in [0.1, 0.15) is 10.4 Å². The van der Waals surface area contributed by atoms with Crippen molar-refractivity contribution < 1.29 is 45.3 Å². The van der Waals surface area contributed by atoms with Crippen LogP contribution >= 0.6 is 0 Å². The summed E-state index contributed by atoms with van der Waals surface area (Å²) in [6, 6.07) is 0.901. The predicted molar refractivity (Wildman–Crippen MR) is 51.7 cm³/mol. The number of hydrogen-bond donors (Lipinski definition) is 0. The normalized spacial score (nSPS) is 11.9. The van der Waals surface area contributed by atoms with Gasteiger partial charge in [0, 0.05) is 6.07 Å². The molecule has 0 aliphatic carbocycles. The van der Waals surface area contributed by atoms with Gasteiger partial charge in [0.2, 0.25) is 0 Å². The first kappa shape index (κ1) is 15.9. The maximum Gasteiger partial charge on any atom is 0.573 e. The molecule has 0 radical (unpaired) electrons. The number of benzene rings is 1. The van der Waals surface area contributed by atoms with Gasteiger partial charge in [-0.15, -0.1) is 26.3 Å². The van der Waals surface area contributed by atoms with Crippen molar-refractivity contribution in [2.45, 2.75) is 12.7 Å². The van der Waals surface area contributed by atoms with Gasteiger partial charge in [0.05, 0.1) is 12.7 Å². The van der Waals surface area contributed by atoms with E-state index in [9.17, 15) is 31.1 Å². The average Bonchev–Trinajstić information content (AvgIpc) is 2.27. The van der Waals surface area contributed by atoms with Crippen molar-refractivity contribution >= 4 is 6.29 Å². The predicted octanol–water partition coefficient (Wildman–Crippen LogP) is 3.30. The van der Waals surface area contributed by atoms with Crippen molar-refractivity contribution in [3.63, 3.8) is 0 Å². The molecule has 0 atom stereocenters. The van der Waals surface area contributed by atoms with Crippen LogP contribution in [0.3, 0.4) is 0 Å². The summed E-state index contributed by atoms with van der Waals surface area (Å²) in [5.41, 5.74) is -0.429. The molecule has 10 heteroatoms. The van der Waals surface area contributed by atoms with Gasteiger partial charge in [-0.05, 0) is 6.07 Å². The maximum absolute atomic E-state index is 12.1. The molecule has 0 amide bonds. The lowest BCUT2D eigenvalue weighted by molar-refractivity contribution is -0.287. The molecule has 0 fully saturated rings. The molecule has 0 aromatic heterocycles. The smallest absolute Gasteiger partial charge is 0.496 e. The van der Waals surface area contributed by atoms with Crippen molar-refractivity contribution in [2.24, 2.45) is 0 Å². The molecule has 20 heavy (non-hydrogen) atoms. The third-order valence-corrected chi connectivity index (χ3v) is 1.87. The molecular weight excluding hydrogens is 298 g/mol. The van der Waals surface area contributed by atoms with Crippen molar-refractivity contribution in [1.82, 2.24) is 0 Å². The van der Waals surface area contributed by atoms with Gasteiger partial charge >= 0.3 is 12.7 Å². The van der Waals surface area contributed by atoms with E-state index in [0.717, 1.165) is 7.11 Å². The van der Waals surface area contributed by atoms with Crippen molar-refractivity contribution in [3.05, 3.63) is 17.7 Å². The fourth-order valence-electron chi connectivity index (χ4n) is 1.23. The summed E-state index contributed by atoms with van der Waals surface area (Å²) in [7, 11) is 1.02. The van der Waals surface area contributed by atoms with E-state index in [1.54, 1.807) is 0 Å². The first-order valence-electron chi connectivity index (χ1n) is 4.74. The van der Waals surface area contributed by atoms with E-state index < -0.39 is 35.5 Å². The third-order valence-electron chi connectivity index (χ3n) is 1.87. The number of hydrogen-bond acceptors (Lipinski definition) is 4. The fraction of sp³-hybridized carbons (Fsp3) is 0.300. The Morgan fingerprint density at radius 3 is 1.70 bits per heavy atom. The molecule has 0 unspecified atom stereocenters. The van der Waals surface area contributed by atoms with E-state index in [1.807, 2.05) is 0 Å². The fourth-order valence-corrected chi connectivity index (χ4v) is 1.23. The van der Waals surface area contributed by atoms with Gasteiger partial charge in [-0.3, -0.25) is 4.79 Å². The van der Waals surface area contributed by atoms with Gasteiger partial charge in [-0.1, -0.05) is 0 Å². The van der Waals surface area contributed by atoms with Crippen LogP contribution in [0, 0.1) is 0 Å². The molecule has 0 saturated carbocycles. The van der Waals surface area contributed by atoms with Gasteiger partial charge in [0.25, 0.3) is 0 Å². The summed E-state index contributed by atoms with van der Waals surface area (Å²) >= 11 is 0. The first-order chi connectivity index (χ1) is 9.05. The molecule has 4 nitrogen and oxygen atoms in total.